The van der Waals surface area contributed by atoms with Crippen molar-refractivity contribution < 1.29 is 9.13 Å². The number of rotatable bonds is 6. The summed E-state index contributed by atoms with van der Waals surface area (Å²) in [5.41, 5.74) is 0.721. The Kier molecular flexibility index (Phi) is 7.12. The van der Waals surface area contributed by atoms with Gasteiger partial charge in [-0.1, -0.05) is 18.2 Å². The van der Waals surface area contributed by atoms with Crippen LogP contribution in [0, 0.1) is 5.82 Å². The maximum atomic E-state index is 13.5. The van der Waals surface area contributed by atoms with Crippen molar-refractivity contribution in [3.05, 3.63) is 35.6 Å². The molecule has 2 N–H and O–H groups in total. The minimum atomic E-state index is -0.153. The standard InChI is InChI=1S/C16H25FN4O/c1-18-16(20-8-9-21-10-12-22-13-11-21)19-7-6-14-4-2-3-5-15(14)17/h2-5H,6-13H2,1H3,(H2,18,19,20). The van der Waals surface area contributed by atoms with E-state index in [-0.39, 0.29) is 5.82 Å². The molecule has 5 nitrogen and oxygen atoms in total. The molecule has 0 aliphatic carbocycles. The van der Waals surface area contributed by atoms with E-state index in [0.29, 0.717) is 13.0 Å². The van der Waals surface area contributed by atoms with Crippen molar-refractivity contribution in [2.45, 2.75) is 6.42 Å². The monoisotopic (exact) mass is 308 g/mol. The van der Waals surface area contributed by atoms with Gasteiger partial charge >= 0.3 is 0 Å². The van der Waals surface area contributed by atoms with Crippen LogP contribution in [0.3, 0.4) is 0 Å². The van der Waals surface area contributed by atoms with Crippen LogP contribution in [0.2, 0.25) is 0 Å². The average molecular weight is 308 g/mol. The van der Waals surface area contributed by atoms with Gasteiger partial charge in [0.25, 0.3) is 0 Å². The van der Waals surface area contributed by atoms with E-state index in [1.807, 2.05) is 12.1 Å². The van der Waals surface area contributed by atoms with E-state index in [4.69, 9.17) is 4.74 Å². The Morgan fingerprint density at radius 2 is 1.95 bits per heavy atom. The van der Waals surface area contributed by atoms with Crippen molar-refractivity contribution in [2.75, 3.05) is 53.0 Å². The first kappa shape index (κ1) is 16.7. The Hall–Kier alpha value is -1.66. The van der Waals surface area contributed by atoms with Crippen LogP contribution in [0.1, 0.15) is 5.56 Å². The maximum Gasteiger partial charge on any atom is 0.191 e. The highest BCUT2D eigenvalue weighted by atomic mass is 19.1. The Morgan fingerprint density at radius 1 is 1.23 bits per heavy atom. The van der Waals surface area contributed by atoms with E-state index in [1.54, 1.807) is 13.1 Å². The summed E-state index contributed by atoms with van der Waals surface area (Å²) in [6, 6.07) is 6.86. The van der Waals surface area contributed by atoms with Crippen LogP contribution >= 0.6 is 0 Å². The number of ether oxygens (including phenoxy) is 1. The lowest BCUT2D eigenvalue weighted by molar-refractivity contribution is 0.0389. The molecule has 6 heteroatoms. The van der Waals surface area contributed by atoms with Crippen molar-refractivity contribution in [2.24, 2.45) is 4.99 Å². The van der Waals surface area contributed by atoms with E-state index in [1.165, 1.54) is 6.07 Å². The molecule has 1 fully saturated rings. The van der Waals surface area contributed by atoms with Gasteiger partial charge in [0.1, 0.15) is 5.82 Å². The average Bonchev–Trinajstić information content (AvgIpc) is 2.56. The summed E-state index contributed by atoms with van der Waals surface area (Å²) < 4.78 is 18.8. The van der Waals surface area contributed by atoms with Crippen molar-refractivity contribution >= 4 is 5.96 Å². The van der Waals surface area contributed by atoms with Crippen molar-refractivity contribution in [1.29, 1.82) is 0 Å². The van der Waals surface area contributed by atoms with Crippen molar-refractivity contribution in [1.82, 2.24) is 15.5 Å². The van der Waals surface area contributed by atoms with E-state index in [9.17, 15) is 4.39 Å². The highest BCUT2D eigenvalue weighted by Crippen LogP contribution is 2.06. The molecule has 1 saturated heterocycles. The topological polar surface area (TPSA) is 48.9 Å². The fraction of sp³-hybridized carbons (Fsp3) is 0.562. The van der Waals surface area contributed by atoms with Gasteiger partial charge in [-0.3, -0.25) is 9.89 Å². The number of hydrogen-bond donors (Lipinski definition) is 2. The molecule has 122 valence electrons. The predicted molar refractivity (Wildman–Crippen MR) is 86.7 cm³/mol. The summed E-state index contributed by atoms with van der Waals surface area (Å²) in [5.74, 6) is 0.601. The third kappa shape index (κ3) is 5.61. The van der Waals surface area contributed by atoms with Gasteiger partial charge in [-0.2, -0.15) is 0 Å². The molecular weight excluding hydrogens is 283 g/mol. The summed E-state index contributed by atoms with van der Waals surface area (Å²) in [5, 5.41) is 6.49. The van der Waals surface area contributed by atoms with Gasteiger partial charge in [-0.15, -0.1) is 0 Å². The lowest BCUT2D eigenvalue weighted by Crippen LogP contribution is -2.44. The number of hydrogen-bond acceptors (Lipinski definition) is 3. The number of morpholine rings is 1. The second kappa shape index (κ2) is 9.38. The molecule has 22 heavy (non-hydrogen) atoms. The fourth-order valence-electron chi connectivity index (χ4n) is 2.39. The zero-order chi connectivity index (χ0) is 15.6. The third-order valence-electron chi connectivity index (χ3n) is 3.69. The minimum Gasteiger partial charge on any atom is -0.379 e. The molecule has 0 atom stereocenters. The molecule has 0 bridgehead atoms. The van der Waals surface area contributed by atoms with E-state index in [2.05, 4.69) is 20.5 Å². The molecule has 0 unspecified atom stereocenters. The van der Waals surface area contributed by atoms with Crippen LogP contribution in [0.4, 0.5) is 4.39 Å². The van der Waals surface area contributed by atoms with Crippen molar-refractivity contribution in [3.63, 3.8) is 0 Å². The molecule has 0 radical (unpaired) electrons. The van der Waals surface area contributed by atoms with Gasteiger partial charge in [0.15, 0.2) is 5.96 Å². The quantitative estimate of drug-likeness (QED) is 0.605. The Bertz CT molecular complexity index is 475. The van der Waals surface area contributed by atoms with Gasteiger partial charge in [0.2, 0.25) is 0 Å². The normalized spacial score (nSPS) is 16.5. The highest BCUT2D eigenvalue weighted by molar-refractivity contribution is 5.79. The second-order valence-corrected chi connectivity index (χ2v) is 5.22. The Morgan fingerprint density at radius 3 is 2.68 bits per heavy atom. The molecule has 2 rings (SSSR count). The molecule has 0 amide bonds. The molecular formula is C16H25FN4O. The van der Waals surface area contributed by atoms with E-state index >= 15 is 0 Å². The highest BCUT2D eigenvalue weighted by Gasteiger charge is 2.09. The first-order valence-electron chi connectivity index (χ1n) is 7.77. The number of guanidine groups is 1. The molecule has 0 aromatic heterocycles. The SMILES string of the molecule is CN=C(NCCc1ccccc1F)NCCN1CCOCC1. The van der Waals surface area contributed by atoms with Crippen LogP contribution < -0.4 is 10.6 Å². The van der Waals surface area contributed by atoms with Crippen molar-refractivity contribution in [3.8, 4) is 0 Å². The van der Waals surface area contributed by atoms with Crippen LogP contribution in [0.25, 0.3) is 0 Å². The number of nitrogens with one attached hydrogen (secondary N) is 2. The Labute approximate surface area is 131 Å². The third-order valence-corrected chi connectivity index (χ3v) is 3.69. The molecule has 0 spiro atoms. The minimum absolute atomic E-state index is 0.153. The molecule has 1 aliphatic rings. The lowest BCUT2D eigenvalue weighted by Gasteiger charge is -2.26. The van der Waals surface area contributed by atoms with E-state index in [0.717, 1.165) is 50.9 Å². The summed E-state index contributed by atoms with van der Waals surface area (Å²) in [6.45, 7) is 6.06. The van der Waals surface area contributed by atoms with Gasteiger partial charge in [-0.05, 0) is 18.1 Å². The molecule has 0 saturated carbocycles. The number of benzene rings is 1. The largest absolute Gasteiger partial charge is 0.379 e. The summed E-state index contributed by atoms with van der Waals surface area (Å²) in [6.07, 6.45) is 0.636. The predicted octanol–water partition coefficient (Wildman–Crippen LogP) is 0.865. The lowest BCUT2D eigenvalue weighted by atomic mass is 10.1. The van der Waals surface area contributed by atoms with Crippen LogP contribution in [-0.4, -0.2) is 63.8 Å². The van der Waals surface area contributed by atoms with Gasteiger partial charge in [-0.25, -0.2) is 4.39 Å². The van der Waals surface area contributed by atoms with Gasteiger partial charge in [0.05, 0.1) is 13.2 Å². The molecule has 1 aliphatic heterocycles. The second-order valence-electron chi connectivity index (χ2n) is 5.22. The van der Waals surface area contributed by atoms with E-state index < -0.39 is 0 Å². The number of halogens is 1. The summed E-state index contributed by atoms with van der Waals surface area (Å²) in [4.78, 5) is 6.55. The maximum absolute atomic E-state index is 13.5. The molecule has 1 aromatic rings. The first-order chi connectivity index (χ1) is 10.8. The first-order valence-corrected chi connectivity index (χ1v) is 7.77. The smallest absolute Gasteiger partial charge is 0.191 e. The Balaban J connectivity index is 1.63. The number of nitrogens with zero attached hydrogens (tertiary/aromatic N) is 2. The zero-order valence-electron chi connectivity index (χ0n) is 13.1. The van der Waals surface area contributed by atoms with Gasteiger partial charge < -0.3 is 15.4 Å². The summed E-state index contributed by atoms with van der Waals surface area (Å²) in [7, 11) is 1.74. The molecule has 1 heterocycles. The summed E-state index contributed by atoms with van der Waals surface area (Å²) >= 11 is 0. The molecule has 1 aromatic carbocycles. The van der Waals surface area contributed by atoms with Crippen LogP contribution in [0.5, 0.6) is 0 Å². The van der Waals surface area contributed by atoms with Crippen LogP contribution in [-0.2, 0) is 11.2 Å². The van der Waals surface area contributed by atoms with Gasteiger partial charge in [0, 0.05) is 39.8 Å². The van der Waals surface area contributed by atoms with Crippen LogP contribution in [0.15, 0.2) is 29.3 Å². The number of aliphatic imine (C=N–C) groups is 1. The zero-order valence-corrected chi connectivity index (χ0v) is 13.1. The fourth-order valence-corrected chi connectivity index (χ4v) is 2.39.